The van der Waals surface area contributed by atoms with Crippen molar-refractivity contribution in [2.45, 2.75) is 45.8 Å². The monoisotopic (exact) mass is 492 g/mol. The van der Waals surface area contributed by atoms with E-state index in [1.807, 2.05) is 35.4 Å². The predicted molar refractivity (Wildman–Crippen MR) is 117 cm³/mol. The van der Waals surface area contributed by atoms with Gasteiger partial charge in [-0.1, -0.05) is 13.3 Å². The minimum atomic E-state index is -0.950. The average Bonchev–Trinajstić information content (AvgIpc) is 3.23. The highest BCUT2D eigenvalue weighted by Crippen LogP contribution is 2.21. The molecule has 1 atom stereocenters. The van der Waals surface area contributed by atoms with Crippen LogP contribution in [0.4, 0.5) is 0 Å². The van der Waals surface area contributed by atoms with E-state index >= 15 is 0 Å². The minimum Gasteiger partial charge on any atom is -0.384 e. The van der Waals surface area contributed by atoms with E-state index in [1.165, 1.54) is 0 Å². The Bertz CT molecular complexity index is 683. The summed E-state index contributed by atoms with van der Waals surface area (Å²) >= 11 is 1.58. The molecule has 9 heteroatoms. The van der Waals surface area contributed by atoms with Gasteiger partial charge in [0.1, 0.15) is 18.0 Å². The Hall–Kier alpha value is -1.20. The van der Waals surface area contributed by atoms with Crippen LogP contribution in [0.1, 0.15) is 43.9 Å². The molecule has 0 radical (unpaired) electrons. The molecule has 0 spiro atoms. The van der Waals surface area contributed by atoms with Crippen LogP contribution >= 0.6 is 35.3 Å². The molecule has 7 nitrogen and oxygen atoms in total. The highest BCUT2D eigenvalue weighted by molar-refractivity contribution is 14.0. The van der Waals surface area contributed by atoms with Crippen molar-refractivity contribution in [1.29, 1.82) is 0 Å². The van der Waals surface area contributed by atoms with Crippen molar-refractivity contribution in [2.24, 2.45) is 12.0 Å². The van der Waals surface area contributed by atoms with E-state index in [9.17, 15) is 5.11 Å². The zero-order valence-electron chi connectivity index (χ0n) is 15.8. The molecule has 0 aliphatic rings. The molecule has 2 aromatic heterocycles. The van der Waals surface area contributed by atoms with Gasteiger partial charge in [0.15, 0.2) is 11.8 Å². The number of nitrogens with one attached hydrogen (secondary N) is 2. The van der Waals surface area contributed by atoms with Crippen LogP contribution < -0.4 is 10.6 Å². The summed E-state index contributed by atoms with van der Waals surface area (Å²) in [4.78, 5) is 4.59. The van der Waals surface area contributed by atoms with Gasteiger partial charge in [-0.05, 0) is 42.7 Å². The molecule has 0 saturated heterocycles. The van der Waals surface area contributed by atoms with Gasteiger partial charge in [-0.3, -0.25) is 0 Å². The van der Waals surface area contributed by atoms with Crippen LogP contribution in [0.5, 0.6) is 0 Å². The van der Waals surface area contributed by atoms with Gasteiger partial charge in [-0.15, -0.1) is 34.2 Å². The first-order valence-electron chi connectivity index (χ1n) is 8.56. The second-order valence-electron chi connectivity index (χ2n) is 6.31. The topological polar surface area (TPSA) is 87.4 Å². The van der Waals surface area contributed by atoms with E-state index in [0.29, 0.717) is 19.0 Å². The number of hydrogen-bond donors (Lipinski definition) is 3. The Morgan fingerprint density at radius 3 is 2.73 bits per heavy atom. The smallest absolute Gasteiger partial charge is 0.191 e. The number of thiophene rings is 1. The van der Waals surface area contributed by atoms with E-state index in [0.717, 1.165) is 36.6 Å². The summed E-state index contributed by atoms with van der Waals surface area (Å²) in [7, 11) is 1.93. The number of guanidine groups is 1. The third kappa shape index (κ3) is 6.51. The summed E-state index contributed by atoms with van der Waals surface area (Å²) in [6.45, 7) is 7.50. The van der Waals surface area contributed by atoms with E-state index in [2.05, 4.69) is 32.7 Å². The van der Waals surface area contributed by atoms with E-state index in [1.54, 1.807) is 18.3 Å². The Morgan fingerprint density at radius 1 is 1.38 bits per heavy atom. The number of halogens is 1. The minimum absolute atomic E-state index is 0. The Morgan fingerprint density at radius 2 is 2.15 bits per heavy atom. The van der Waals surface area contributed by atoms with Crippen LogP contribution in [0.25, 0.3) is 0 Å². The molecule has 2 heterocycles. The molecule has 0 aromatic carbocycles. The summed E-state index contributed by atoms with van der Waals surface area (Å²) in [6.07, 6.45) is 2.17. The van der Waals surface area contributed by atoms with Crippen molar-refractivity contribution in [3.05, 3.63) is 34.0 Å². The highest BCUT2D eigenvalue weighted by Gasteiger charge is 2.23. The van der Waals surface area contributed by atoms with Crippen LogP contribution in [0.2, 0.25) is 0 Å². The second-order valence-corrected chi connectivity index (χ2v) is 7.09. The number of aromatic nitrogens is 3. The zero-order valence-corrected chi connectivity index (χ0v) is 19.0. The second kappa shape index (κ2) is 10.8. The van der Waals surface area contributed by atoms with Crippen molar-refractivity contribution in [3.63, 3.8) is 0 Å². The summed E-state index contributed by atoms with van der Waals surface area (Å²) in [5, 5.41) is 29.3. The molecule has 0 amide bonds. The first-order valence-corrected chi connectivity index (χ1v) is 9.50. The van der Waals surface area contributed by atoms with Crippen LogP contribution in [-0.2, 0) is 19.2 Å². The molecule has 0 saturated carbocycles. The maximum absolute atomic E-state index is 10.7. The zero-order chi connectivity index (χ0) is 18.3. The lowest BCUT2D eigenvalue weighted by molar-refractivity contribution is 0.0621. The summed E-state index contributed by atoms with van der Waals surface area (Å²) < 4.78 is 1.93. The Kier molecular flexibility index (Phi) is 9.51. The summed E-state index contributed by atoms with van der Waals surface area (Å²) in [6, 6.07) is 1.94. The van der Waals surface area contributed by atoms with Crippen molar-refractivity contribution >= 4 is 41.3 Å². The van der Waals surface area contributed by atoms with E-state index < -0.39 is 5.60 Å². The standard InChI is InChI=1S/C17H28N6OS.HI/c1-5-6-8-18-16(19-10-15-22-21-13(2)23(15)4)20-12-17(3,24)14-7-9-25-11-14;/h7,9,11,24H,5-6,8,10,12H2,1-4H3,(H2,18,19,20);1H. The largest absolute Gasteiger partial charge is 0.384 e. The lowest BCUT2D eigenvalue weighted by atomic mass is 9.99. The third-order valence-corrected chi connectivity index (χ3v) is 4.81. The quantitative estimate of drug-likeness (QED) is 0.228. The molecule has 1 unspecified atom stereocenters. The number of aliphatic hydroxyl groups is 1. The lowest BCUT2D eigenvalue weighted by Gasteiger charge is -2.24. The lowest BCUT2D eigenvalue weighted by Crippen LogP contribution is -2.44. The van der Waals surface area contributed by atoms with Crippen LogP contribution in [-0.4, -0.2) is 38.9 Å². The molecule has 26 heavy (non-hydrogen) atoms. The van der Waals surface area contributed by atoms with Gasteiger partial charge >= 0.3 is 0 Å². The van der Waals surface area contributed by atoms with Gasteiger partial charge in [-0.2, -0.15) is 11.3 Å². The SMILES string of the molecule is CCCCNC(=NCc1nnc(C)n1C)NCC(C)(O)c1ccsc1.I. The molecule has 2 rings (SSSR count). The molecule has 0 bridgehead atoms. The Labute approximate surface area is 176 Å². The molecule has 146 valence electrons. The molecular weight excluding hydrogens is 463 g/mol. The summed E-state index contributed by atoms with van der Waals surface area (Å²) in [5.41, 5.74) is -0.0454. The fraction of sp³-hybridized carbons (Fsp3) is 0.588. The number of nitrogens with zero attached hydrogens (tertiary/aromatic N) is 4. The van der Waals surface area contributed by atoms with Gasteiger partial charge in [-0.25, -0.2) is 4.99 Å². The van der Waals surface area contributed by atoms with Crippen molar-refractivity contribution in [2.75, 3.05) is 13.1 Å². The Balaban J connectivity index is 0.00000338. The first-order chi connectivity index (χ1) is 11.9. The van der Waals surface area contributed by atoms with Crippen molar-refractivity contribution < 1.29 is 5.11 Å². The number of rotatable bonds is 8. The van der Waals surface area contributed by atoms with Crippen molar-refractivity contribution in [1.82, 2.24) is 25.4 Å². The van der Waals surface area contributed by atoms with E-state index in [-0.39, 0.29) is 24.0 Å². The first kappa shape index (κ1) is 22.8. The molecule has 2 aromatic rings. The third-order valence-electron chi connectivity index (χ3n) is 4.13. The van der Waals surface area contributed by atoms with Crippen LogP contribution in [0.15, 0.2) is 21.8 Å². The molecule has 0 aliphatic carbocycles. The molecular formula is C17H29IN6OS. The van der Waals surface area contributed by atoms with Crippen LogP contribution in [0, 0.1) is 6.92 Å². The number of aryl methyl sites for hydroxylation is 1. The van der Waals surface area contributed by atoms with Gasteiger partial charge in [0.2, 0.25) is 0 Å². The number of aliphatic imine (C=N–C) groups is 1. The van der Waals surface area contributed by atoms with Gasteiger partial charge in [0.05, 0.1) is 6.54 Å². The molecule has 0 fully saturated rings. The predicted octanol–water partition coefficient (Wildman–Crippen LogP) is 2.55. The summed E-state index contributed by atoms with van der Waals surface area (Å²) in [5.74, 6) is 2.34. The normalized spacial score (nSPS) is 13.8. The van der Waals surface area contributed by atoms with Gasteiger partial charge in [0, 0.05) is 13.6 Å². The number of hydrogen-bond acceptors (Lipinski definition) is 5. The highest BCUT2D eigenvalue weighted by atomic mass is 127. The fourth-order valence-electron chi connectivity index (χ4n) is 2.23. The van der Waals surface area contributed by atoms with Gasteiger partial charge < -0.3 is 20.3 Å². The van der Waals surface area contributed by atoms with Crippen LogP contribution in [0.3, 0.4) is 0 Å². The maximum atomic E-state index is 10.7. The molecule has 3 N–H and O–H groups in total. The van der Waals surface area contributed by atoms with Gasteiger partial charge in [0.25, 0.3) is 0 Å². The molecule has 0 aliphatic heterocycles. The fourth-order valence-corrected chi connectivity index (χ4v) is 3.01. The average molecular weight is 492 g/mol. The maximum Gasteiger partial charge on any atom is 0.191 e. The van der Waals surface area contributed by atoms with Crippen molar-refractivity contribution in [3.8, 4) is 0 Å². The number of unbranched alkanes of at least 4 members (excludes halogenated alkanes) is 1. The van der Waals surface area contributed by atoms with E-state index in [4.69, 9.17) is 0 Å².